The average Bonchev–Trinajstić information content (AvgIpc) is 2.63. The van der Waals surface area contributed by atoms with E-state index in [9.17, 15) is 4.79 Å². The number of hydrogen-bond donors (Lipinski definition) is 0. The van der Waals surface area contributed by atoms with Gasteiger partial charge in [-0.1, -0.05) is 35.3 Å². The molecule has 0 unspecified atom stereocenters. The van der Waals surface area contributed by atoms with Gasteiger partial charge < -0.3 is 9.64 Å². The highest BCUT2D eigenvalue weighted by Gasteiger charge is 2.21. The van der Waals surface area contributed by atoms with E-state index in [1.54, 1.807) is 18.2 Å². The normalized spacial score (nSPS) is 15.1. The molecule has 7 heteroatoms. The summed E-state index contributed by atoms with van der Waals surface area (Å²) >= 11 is 15.2. The third-order valence-corrected chi connectivity index (χ3v) is 5.40. The quantitative estimate of drug-likeness (QED) is 0.663. The molecule has 2 aromatic rings. The first-order valence-electron chi connectivity index (χ1n) is 8.34. The lowest BCUT2D eigenvalue weighted by Crippen LogP contribution is -2.49. The van der Waals surface area contributed by atoms with Crippen molar-refractivity contribution in [1.82, 2.24) is 9.80 Å². The second-order valence-electron chi connectivity index (χ2n) is 6.15. The van der Waals surface area contributed by atoms with Crippen LogP contribution >= 0.6 is 39.1 Å². The summed E-state index contributed by atoms with van der Waals surface area (Å²) in [4.78, 5) is 16.6. The van der Waals surface area contributed by atoms with Gasteiger partial charge in [0.1, 0.15) is 5.75 Å². The molecule has 1 aliphatic heterocycles. The summed E-state index contributed by atoms with van der Waals surface area (Å²) in [5.74, 6) is 0.613. The van der Waals surface area contributed by atoms with Gasteiger partial charge in [0.2, 0.25) is 0 Å². The lowest BCUT2D eigenvalue weighted by Gasteiger charge is -2.34. The summed E-state index contributed by atoms with van der Waals surface area (Å²) in [6.45, 7) is 4.00. The Morgan fingerprint density at radius 3 is 2.31 bits per heavy atom. The van der Waals surface area contributed by atoms with Gasteiger partial charge in [-0.25, -0.2) is 0 Å². The molecular weight excluding hydrogens is 439 g/mol. The predicted molar refractivity (Wildman–Crippen MR) is 108 cm³/mol. The van der Waals surface area contributed by atoms with E-state index in [0.29, 0.717) is 23.9 Å². The van der Waals surface area contributed by atoms with Crippen LogP contribution in [0.2, 0.25) is 10.0 Å². The maximum atomic E-state index is 12.4. The molecule has 0 N–H and O–H groups in total. The molecule has 1 saturated heterocycles. The molecule has 0 radical (unpaired) electrons. The largest absolute Gasteiger partial charge is 0.483 e. The highest BCUT2D eigenvalue weighted by Crippen LogP contribution is 2.28. The molecule has 1 heterocycles. The highest BCUT2D eigenvalue weighted by molar-refractivity contribution is 9.10. The predicted octanol–water partition coefficient (Wildman–Crippen LogP) is 4.48. The summed E-state index contributed by atoms with van der Waals surface area (Å²) in [5, 5.41) is 1.36. The molecule has 0 aromatic heterocycles. The average molecular weight is 458 g/mol. The molecule has 26 heavy (non-hydrogen) atoms. The van der Waals surface area contributed by atoms with Crippen molar-refractivity contribution in [1.29, 1.82) is 0 Å². The number of benzene rings is 2. The first-order chi connectivity index (χ1) is 12.5. The van der Waals surface area contributed by atoms with Crippen molar-refractivity contribution in [2.24, 2.45) is 0 Å². The van der Waals surface area contributed by atoms with Crippen molar-refractivity contribution >= 4 is 45.0 Å². The molecule has 2 aromatic carbocycles. The molecular formula is C19H19BrCl2N2O2. The van der Waals surface area contributed by atoms with E-state index in [1.807, 2.05) is 29.2 Å². The Kier molecular flexibility index (Phi) is 6.81. The zero-order valence-electron chi connectivity index (χ0n) is 14.1. The number of carbonyl (C=O) groups is 1. The van der Waals surface area contributed by atoms with Gasteiger partial charge >= 0.3 is 0 Å². The van der Waals surface area contributed by atoms with Crippen LogP contribution in [0, 0.1) is 0 Å². The van der Waals surface area contributed by atoms with Crippen LogP contribution in [0.15, 0.2) is 46.9 Å². The number of hydrogen-bond acceptors (Lipinski definition) is 3. The van der Waals surface area contributed by atoms with Crippen molar-refractivity contribution < 1.29 is 9.53 Å². The Hall–Kier alpha value is -1.27. The van der Waals surface area contributed by atoms with Crippen molar-refractivity contribution in [3.8, 4) is 5.75 Å². The fraction of sp³-hybridized carbons (Fsp3) is 0.316. The Labute approximate surface area is 171 Å². The van der Waals surface area contributed by atoms with Crippen molar-refractivity contribution in [2.75, 3.05) is 32.8 Å². The third kappa shape index (κ3) is 5.36. The molecule has 1 amide bonds. The molecule has 0 atom stereocenters. The lowest BCUT2D eigenvalue weighted by molar-refractivity contribution is -0.135. The van der Waals surface area contributed by atoms with Gasteiger partial charge in [0.15, 0.2) is 6.61 Å². The van der Waals surface area contributed by atoms with Gasteiger partial charge in [-0.15, -0.1) is 0 Å². The first-order valence-corrected chi connectivity index (χ1v) is 9.88. The molecule has 0 saturated carbocycles. The smallest absolute Gasteiger partial charge is 0.260 e. The molecule has 3 rings (SSSR count). The van der Waals surface area contributed by atoms with E-state index in [0.717, 1.165) is 29.1 Å². The van der Waals surface area contributed by atoms with Crippen molar-refractivity contribution in [2.45, 2.75) is 6.54 Å². The zero-order chi connectivity index (χ0) is 18.5. The molecule has 1 aliphatic rings. The maximum Gasteiger partial charge on any atom is 0.260 e. The topological polar surface area (TPSA) is 32.8 Å². The second-order valence-corrected chi connectivity index (χ2v) is 7.87. The first kappa shape index (κ1) is 19.5. The van der Waals surface area contributed by atoms with E-state index in [4.69, 9.17) is 27.9 Å². The number of ether oxygens (including phenoxy) is 1. The SMILES string of the molecule is O=C(COc1ccc(Cl)cc1Br)N1CCN(Cc2ccc(Cl)cc2)CC1. The standard InChI is InChI=1S/C19H19BrCl2N2O2/c20-17-11-16(22)5-6-18(17)26-13-19(25)24-9-7-23(8-10-24)12-14-1-3-15(21)4-2-14/h1-6,11H,7-10,12-13H2. The molecule has 138 valence electrons. The minimum absolute atomic E-state index is 0.00186. The minimum Gasteiger partial charge on any atom is -0.483 e. The van der Waals surface area contributed by atoms with Gasteiger partial charge in [-0.05, 0) is 51.8 Å². The number of carbonyl (C=O) groups excluding carboxylic acids is 1. The van der Waals surface area contributed by atoms with Gasteiger partial charge in [0.05, 0.1) is 4.47 Å². The Balaban J connectivity index is 1.45. The van der Waals surface area contributed by atoms with Crippen LogP contribution in [0.5, 0.6) is 5.75 Å². The molecule has 0 spiro atoms. The lowest BCUT2D eigenvalue weighted by atomic mass is 10.2. The fourth-order valence-corrected chi connectivity index (χ4v) is 3.75. The number of nitrogens with zero attached hydrogens (tertiary/aromatic N) is 2. The van der Waals surface area contributed by atoms with E-state index in [1.165, 1.54) is 5.56 Å². The second kappa shape index (κ2) is 9.09. The van der Waals surface area contributed by atoms with Gasteiger partial charge in [-0.3, -0.25) is 9.69 Å². The summed E-state index contributed by atoms with van der Waals surface area (Å²) < 4.78 is 6.36. The summed E-state index contributed by atoms with van der Waals surface area (Å²) in [7, 11) is 0. The third-order valence-electron chi connectivity index (χ3n) is 4.29. The number of rotatable bonds is 5. The van der Waals surface area contributed by atoms with Crippen LogP contribution in [0.1, 0.15) is 5.56 Å². The monoisotopic (exact) mass is 456 g/mol. The van der Waals surface area contributed by atoms with E-state index in [-0.39, 0.29) is 12.5 Å². The Bertz CT molecular complexity index is 763. The zero-order valence-corrected chi connectivity index (χ0v) is 17.2. The van der Waals surface area contributed by atoms with Crippen LogP contribution in [-0.4, -0.2) is 48.5 Å². The number of amides is 1. The van der Waals surface area contributed by atoms with E-state index >= 15 is 0 Å². The van der Waals surface area contributed by atoms with Gasteiger partial charge in [-0.2, -0.15) is 0 Å². The summed E-state index contributed by atoms with van der Waals surface area (Å²) in [5.41, 5.74) is 1.23. The fourth-order valence-electron chi connectivity index (χ4n) is 2.83. The Morgan fingerprint density at radius 1 is 1.00 bits per heavy atom. The van der Waals surface area contributed by atoms with Crippen LogP contribution in [0.25, 0.3) is 0 Å². The van der Waals surface area contributed by atoms with Crippen LogP contribution in [0.3, 0.4) is 0 Å². The van der Waals surface area contributed by atoms with Crippen molar-refractivity contribution in [3.05, 3.63) is 62.5 Å². The molecule has 0 bridgehead atoms. The maximum absolute atomic E-state index is 12.4. The number of halogens is 3. The number of piperazine rings is 1. The van der Waals surface area contributed by atoms with E-state index in [2.05, 4.69) is 20.8 Å². The Morgan fingerprint density at radius 2 is 1.65 bits per heavy atom. The van der Waals surface area contributed by atoms with E-state index < -0.39 is 0 Å². The van der Waals surface area contributed by atoms with Crippen LogP contribution in [-0.2, 0) is 11.3 Å². The highest BCUT2D eigenvalue weighted by atomic mass is 79.9. The molecule has 1 fully saturated rings. The summed E-state index contributed by atoms with van der Waals surface area (Å²) in [6, 6.07) is 13.1. The van der Waals surface area contributed by atoms with Gasteiger partial charge in [0, 0.05) is 42.8 Å². The van der Waals surface area contributed by atoms with Gasteiger partial charge in [0.25, 0.3) is 5.91 Å². The summed E-state index contributed by atoms with van der Waals surface area (Å²) in [6.07, 6.45) is 0. The van der Waals surface area contributed by atoms with Crippen LogP contribution in [0.4, 0.5) is 0 Å². The van der Waals surface area contributed by atoms with Crippen molar-refractivity contribution in [3.63, 3.8) is 0 Å². The van der Waals surface area contributed by atoms with Crippen LogP contribution < -0.4 is 4.74 Å². The molecule has 4 nitrogen and oxygen atoms in total. The minimum atomic E-state index is -0.00186. The molecule has 0 aliphatic carbocycles.